The van der Waals surface area contributed by atoms with Crippen LogP contribution in [-0.2, 0) is 66.4 Å². The van der Waals surface area contributed by atoms with Crippen LogP contribution in [0, 0.1) is 6.92 Å². The minimum atomic E-state index is -3.77. The Kier molecular flexibility index (Phi) is 31.6. The van der Waals surface area contributed by atoms with Gasteiger partial charge in [-0.2, -0.15) is 8.42 Å². The SMILES string of the molecule is Cc1ccc(S(=O)(=O)OCCOCCOCCOCCOCCOCCOCCOCCOCCOCCOCCOCCBr)cc1. The van der Waals surface area contributed by atoms with Crippen LogP contribution in [0.15, 0.2) is 29.2 Å². The molecule has 0 heterocycles. The standard InChI is InChI=1S/C31H55BrO14S/c1-30-2-4-31(5-3-30)47(33,34)46-29-28-45-27-26-44-25-24-43-23-22-42-21-20-41-19-18-40-17-16-39-15-14-38-13-12-37-11-10-36-9-8-35-7-6-32/h2-5H,6-29H2,1H3. The average molecular weight is 764 g/mol. The van der Waals surface area contributed by atoms with Gasteiger partial charge in [-0.25, -0.2) is 0 Å². The Morgan fingerprint density at radius 3 is 0.894 bits per heavy atom. The van der Waals surface area contributed by atoms with E-state index in [0.717, 1.165) is 10.9 Å². The van der Waals surface area contributed by atoms with E-state index in [9.17, 15) is 8.42 Å². The van der Waals surface area contributed by atoms with Crippen molar-refractivity contribution < 1.29 is 64.7 Å². The molecule has 276 valence electrons. The molecule has 0 aliphatic heterocycles. The number of rotatable bonds is 37. The minimum absolute atomic E-state index is 0.0593. The van der Waals surface area contributed by atoms with Gasteiger partial charge in [0.05, 0.1) is 157 Å². The van der Waals surface area contributed by atoms with E-state index in [1.165, 1.54) is 12.1 Å². The Balaban J connectivity index is 1.67. The van der Waals surface area contributed by atoms with Crippen LogP contribution >= 0.6 is 15.9 Å². The Morgan fingerprint density at radius 2 is 0.638 bits per heavy atom. The van der Waals surface area contributed by atoms with Gasteiger partial charge in [-0.3, -0.25) is 4.18 Å². The van der Waals surface area contributed by atoms with Crippen molar-refractivity contribution in [1.29, 1.82) is 0 Å². The van der Waals surface area contributed by atoms with Crippen molar-refractivity contribution in [1.82, 2.24) is 0 Å². The molecule has 0 atom stereocenters. The average Bonchev–Trinajstić information content (AvgIpc) is 3.06. The van der Waals surface area contributed by atoms with Crippen LogP contribution in [0.2, 0.25) is 0 Å². The zero-order chi connectivity index (χ0) is 33.9. The fraction of sp³-hybridized carbons (Fsp3) is 0.806. The lowest BCUT2D eigenvalue weighted by Crippen LogP contribution is -2.16. The number of halogens is 1. The van der Waals surface area contributed by atoms with E-state index in [1.807, 2.05) is 6.92 Å². The second kappa shape index (κ2) is 33.7. The van der Waals surface area contributed by atoms with Crippen molar-refractivity contribution >= 4 is 26.0 Å². The van der Waals surface area contributed by atoms with Crippen molar-refractivity contribution in [3.63, 3.8) is 0 Å². The number of ether oxygens (including phenoxy) is 11. The molecule has 1 rings (SSSR count). The maximum absolute atomic E-state index is 12.1. The highest BCUT2D eigenvalue weighted by atomic mass is 79.9. The van der Waals surface area contributed by atoms with E-state index in [2.05, 4.69) is 15.9 Å². The fourth-order valence-electron chi connectivity index (χ4n) is 3.33. The maximum atomic E-state index is 12.1. The van der Waals surface area contributed by atoms with Crippen LogP contribution in [0.1, 0.15) is 5.56 Å². The van der Waals surface area contributed by atoms with E-state index >= 15 is 0 Å². The summed E-state index contributed by atoms with van der Waals surface area (Å²) in [7, 11) is -3.77. The van der Waals surface area contributed by atoms with E-state index in [-0.39, 0.29) is 18.1 Å². The summed E-state index contributed by atoms with van der Waals surface area (Å²) >= 11 is 3.30. The first kappa shape index (κ1) is 44.2. The van der Waals surface area contributed by atoms with Crippen LogP contribution < -0.4 is 0 Å². The van der Waals surface area contributed by atoms with E-state index in [1.54, 1.807) is 12.1 Å². The second-order valence-corrected chi connectivity index (χ2v) is 11.9. The zero-order valence-corrected chi connectivity index (χ0v) is 30.2. The van der Waals surface area contributed by atoms with Gasteiger partial charge >= 0.3 is 0 Å². The lowest BCUT2D eigenvalue weighted by atomic mass is 10.2. The largest absolute Gasteiger partial charge is 0.378 e. The number of alkyl halides is 1. The van der Waals surface area contributed by atoms with Crippen molar-refractivity contribution in [3.05, 3.63) is 29.8 Å². The Morgan fingerprint density at radius 1 is 0.404 bits per heavy atom. The molecule has 0 aliphatic rings. The summed E-state index contributed by atoms with van der Waals surface area (Å²) in [5.74, 6) is 0. The summed E-state index contributed by atoms with van der Waals surface area (Å²) in [6, 6.07) is 6.48. The van der Waals surface area contributed by atoms with Gasteiger partial charge in [-0.15, -0.1) is 0 Å². The van der Waals surface area contributed by atoms with Crippen molar-refractivity contribution in [3.8, 4) is 0 Å². The van der Waals surface area contributed by atoms with Gasteiger partial charge in [0.15, 0.2) is 0 Å². The first-order valence-corrected chi connectivity index (χ1v) is 18.5. The van der Waals surface area contributed by atoms with Crippen LogP contribution in [-0.4, -0.2) is 166 Å². The first-order chi connectivity index (χ1) is 23.1. The Labute approximate surface area is 289 Å². The monoisotopic (exact) mass is 762 g/mol. The number of aryl methyl sites for hydroxylation is 1. The Hall–Kier alpha value is -0.830. The van der Waals surface area contributed by atoms with Crippen molar-refractivity contribution in [2.45, 2.75) is 11.8 Å². The quantitative estimate of drug-likeness (QED) is 0.0555. The summed E-state index contributed by atoms with van der Waals surface area (Å²) in [4.78, 5) is 0.128. The van der Waals surface area contributed by atoms with Gasteiger partial charge in [0.1, 0.15) is 0 Å². The first-order valence-electron chi connectivity index (χ1n) is 15.9. The lowest BCUT2D eigenvalue weighted by Gasteiger charge is -2.09. The molecule has 14 nitrogen and oxygen atoms in total. The van der Waals surface area contributed by atoms with Gasteiger partial charge in [-0.05, 0) is 19.1 Å². The van der Waals surface area contributed by atoms with Gasteiger partial charge < -0.3 is 52.1 Å². The molecule has 0 bridgehead atoms. The van der Waals surface area contributed by atoms with E-state index in [4.69, 9.17) is 56.3 Å². The molecule has 1 aromatic rings. The summed E-state index contributed by atoms with van der Waals surface area (Å²) in [5, 5.41) is 0.831. The zero-order valence-electron chi connectivity index (χ0n) is 27.8. The molecule has 0 saturated heterocycles. The van der Waals surface area contributed by atoms with Gasteiger partial charge in [-0.1, -0.05) is 33.6 Å². The topological polar surface area (TPSA) is 145 Å². The minimum Gasteiger partial charge on any atom is -0.378 e. The van der Waals surface area contributed by atoms with E-state index in [0.29, 0.717) is 139 Å². The molecule has 0 aliphatic carbocycles. The third-order valence-electron chi connectivity index (χ3n) is 5.72. The Bertz CT molecular complexity index is 895. The molecule has 0 fully saturated rings. The number of benzene rings is 1. The normalized spacial score (nSPS) is 11.9. The summed E-state index contributed by atoms with van der Waals surface area (Å²) < 4.78 is 88.7. The number of hydrogen-bond donors (Lipinski definition) is 0. The van der Waals surface area contributed by atoms with Crippen LogP contribution in [0.25, 0.3) is 0 Å². The molecule has 0 unspecified atom stereocenters. The third kappa shape index (κ3) is 29.8. The third-order valence-corrected chi connectivity index (χ3v) is 7.37. The van der Waals surface area contributed by atoms with E-state index < -0.39 is 10.1 Å². The highest BCUT2D eigenvalue weighted by molar-refractivity contribution is 9.09. The molecule has 0 N–H and O–H groups in total. The fourth-order valence-corrected chi connectivity index (χ4v) is 4.45. The molecule has 16 heteroatoms. The second-order valence-electron chi connectivity index (χ2n) is 9.51. The molecule has 47 heavy (non-hydrogen) atoms. The molecule has 0 spiro atoms. The van der Waals surface area contributed by atoms with Crippen LogP contribution in [0.5, 0.6) is 0 Å². The summed E-state index contributed by atoms with van der Waals surface area (Å²) in [6.07, 6.45) is 0. The van der Waals surface area contributed by atoms with Gasteiger partial charge in [0.2, 0.25) is 0 Å². The molecular formula is C31H55BrO14S. The molecule has 0 radical (unpaired) electrons. The summed E-state index contributed by atoms with van der Waals surface area (Å²) in [6.45, 7) is 12.4. The van der Waals surface area contributed by atoms with Crippen LogP contribution in [0.3, 0.4) is 0 Å². The molecule has 0 saturated carbocycles. The highest BCUT2D eigenvalue weighted by Gasteiger charge is 2.14. The molecule has 0 amide bonds. The molecule has 1 aromatic carbocycles. The van der Waals surface area contributed by atoms with Crippen molar-refractivity contribution in [2.75, 3.05) is 157 Å². The van der Waals surface area contributed by atoms with Gasteiger partial charge in [0.25, 0.3) is 10.1 Å². The predicted octanol–water partition coefficient (Wildman–Crippen LogP) is 2.28. The van der Waals surface area contributed by atoms with Crippen LogP contribution in [0.4, 0.5) is 0 Å². The smallest absolute Gasteiger partial charge is 0.297 e. The maximum Gasteiger partial charge on any atom is 0.297 e. The predicted molar refractivity (Wildman–Crippen MR) is 177 cm³/mol. The van der Waals surface area contributed by atoms with Gasteiger partial charge in [0, 0.05) is 5.33 Å². The lowest BCUT2D eigenvalue weighted by molar-refractivity contribution is -0.0275. The van der Waals surface area contributed by atoms with Crippen molar-refractivity contribution in [2.24, 2.45) is 0 Å². The summed E-state index contributed by atoms with van der Waals surface area (Å²) in [5.41, 5.74) is 0.975. The highest BCUT2D eigenvalue weighted by Crippen LogP contribution is 2.12. The number of hydrogen-bond acceptors (Lipinski definition) is 14. The molecule has 0 aromatic heterocycles. The molecular weight excluding hydrogens is 708 g/mol.